The second kappa shape index (κ2) is 7.44. The molecule has 2 aromatic carbocycles. The van der Waals surface area contributed by atoms with Crippen molar-refractivity contribution in [1.29, 1.82) is 0 Å². The predicted octanol–water partition coefficient (Wildman–Crippen LogP) is 3.78. The van der Waals surface area contributed by atoms with Gasteiger partial charge in [0.2, 0.25) is 0 Å². The zero-order chi connectivity index (χ0) is 19.7. The van der Waals surface area contributed by atoms with Gasteiger partial charge in [-0.25, -0.2) is 4.79 Å². The summed E-state index contributed by atoms with van der Waals surface area (Å²) in [6.07, 6.45) is -0.378. The summed E-state index contributed by atoms with van der Waals surface area (Å²) in [4.78, 5) is 27.5. The lowest BCUT2D eigenvalue weighted by atomic mass is 10.2. The fourth-order valence-electron chi connectivity index (χ4n) is 3.01. The van der Waals surface area contributed by atoms with Crippen LogP contribution in [0.3, 0.4) is 0 Å². The smallest absolute Gasteiger partial charge is 0.347 e. The number of methoxy groups -OCH3 is 1. The molecule has 0 fully saturated rings. The Morgan fingerprint density at radius 1 is 1.18 bits per heavy atom. The second-order valence-electron chi connectivity index (χ2n) is 6.30. The minimum atomic E-state index is -0.754. The number of fused-ring (bicyclic) bond motifs is 2. The van der Waals surface area contributed by atoms with E-state index in [1.165, 1.54) is 7.11 Å². The van der Waals surface area contributed by atoms with Gasteiger partial charge in [-0.1, -0.05) is 11.6 Å². The number of aromatic amines is 1. The summed E-state index contributed by atoms with van der Waals surface area (Å²) in [5, 5.41) is 4.25. The summed E-state index contributed by atoms with van der Waals surface area (Å²) >= 11 is 5.99. The lowest BCUT2D eigenvalue weighted by molar-refractivity contribution is -0.149. The van der Waals surface area contributed by atoms with Crippen LogP contribution in [-0.2, 0) is 9.53 Å². The topological polar surface area (TPSA) is 89.6 Å². The number of rotatable bonds is 3. The minimum absolute atomic E-state index is 0.314. The number of benzene rings is 2. The number of halogens is 1. The van der Waals surface area contributed by atoms with E-state index in [2.05, 4.69) is 10.3 Å². The number of H-pyrrole nitrogens is 1. The van der Waals surface area contributed by atoms with Gasteiger partial charge in [0.15, 0.2) is 17.6 Å². The molecule has 1 unspecified atom stereocenters. The quantitative estimate of drug-likeness (QED) is 0.653. The Morgan fingerprint density at radius 3 is 2.86 bits per heavy atom. The molecule has 28 heavy (non-hydrogen) atoms. The van der Waals surface area contributed by atoms with Crippen LogP contribution in [-0.4, -0.2) is 36.7 Å². The summed E-state index contributed by atoms with van der Waals surface area (Å²) < 4.78 is 16.1. The van der Waals surface area contributed by atoms with Gasteiger partial charge < -0.3 is 24.5 Å². The Hall–Kier alpha value is -3.19. The number of nitrogens with one attached hydrogen (secondary N) is 2. The molecule has 7 nitrogen and oxygen atoms in total. The van der Waals surface area contributed by atoms with Crippen LogP contribution < -0.4 is 14.8 Å². The third-order valence-electron chi connectivity index (χ3n) is 4.40. The summed E-state index contributed by atoms with van der Waals surface area (Å²) in [6.45, 7) is 0.329. The first-order valence-corrected chi connectivity index (χ1v) is 9.02. The molecule has 4 rings (SSSR count). The van der Waals surface area contributed by atoms with E-state index in [-0.39, 0.29) is 5.91 Å². The lowest BCUT2D eigenvalue weighted by Gasteiger charge is -2.14. The van der Waals surface area contributed by atoms with Crippen molar-refractivity contribution in [2.45, 2.75) is 12.5 Å². The fraction of sp³-hybridized carbons (Fsp3) is 0.200. The van der Waals surface area contributed by atoms with Crippen LogP contribution in [0.2, 0.25) is 5.02 Å². The van der Waals surface area contributed by atoms with E-state index in [1.54, 1.807) is 36.4 Å². The van der Waals surface area contributed by atoms with Crippen molar-refractivity contribution in [1.82, 2.24) is 4.98 Å². The van der Waals surface area contributed by atoms with Gasteiger partial charge in [-0.3, -0.25) is 4.79 Å². The van der Waals surface area contributed by atoms with E-state index >= 15 is 0 Å². The third-order valence-corrected chi connectivity index (χ3v) is 4.64. The van der Waals surface area contributed by atoms with Gasteiger partial charge in [0.05, 0.1) is 13.7 Å². The average molecular weight is 401 g/mol. The van der Waals surface area contributed by atoms with E-state index in [9.17, 15) is 9.59 Å². The van der Waals surface area contributed by atoms with Crippen molar-refractivity contribution in [3.63, 3.8) is 0 Å². The Kier molecular flexibility index (Phi) is 4.83. The van der Waals surface area contributed by atoms with Gasteiger partial charge in [0.1, 0.15) is 5.69 Å². The molecule has 0 aliphatic carbocycles. The molecule has 0 radical (unpaired) electrons. The molecule has 1 aromatic heterocycles. The van der Waals surface area contributed by atoms with Crippen LogP contribution >= 0.6 is 11.6 Å². The molecule has 0 spiro atoms. The molecule has 2 heterocycles. The van der Waals surface area contributed by atoms with E-state index in [0.29, 0.717) is 40.9 Å². The molecule has 1 atom stereocenters. The van der Waals surface area contributed by atoms with E-state index in [0.717, 1.165) is 10.9 Å². The van der Waals surface area contributed by atoms with Crippen LogP contribution in [0.25, 0.3) is 10.9 Å². The van der Waals surface area contributed by atoms with Gasteiger partial charge in [-0.15, -0.1) is 0 Å². The van der Waals surface area contributed by atoms with Crippen molar-refractivity contribution < 1.29 is 23.8 Å². The molecular formula is C20H17ClN2O5. The van der Waals surface area contributed by atoms with Crippen LogP contribution in [0, 0.1) is 0 Å². The highest BCUT2D eigenvalue weighted by Gasteiger charge is 2.26. The van der Waals surface area contributed by atoms with Crippen molar-refractivity contribution in [2.24, 2.45) is 0 Å². The van der Waals surface area contributed by atoms with E-state index < -0.39 is 12.1 Å². The number of ether oxygens (including phenoxy) is 3. The maximum atomic E-state index is 12.6. The average Bonchev–Trinajstić information content (AvgIpc) is 2.99. The summed E-state index contributed by atoms with van der Waals surface area (Å²) in [7, 11) is 1.31. The lowest BCUT2D eigenvalue weighted by Crippen LogP contribution is -2.28. The number of esters is 1. The van der Waals surface area contributed by atoms with E-state index in [1.807, 2.05) is 6.07 Å². The molecule has 0 saturated carbocycles. The van der Waals surface area contributed by atoms with Gasteiger partial charge in [0.25, 0.3) is 5.91 Å². The van der Waals surface area contributed by atoms with Gasteiger partial charge in [0, 0.05) is 34.1 Å². The Morgan fingerprint density at radius 2 is 2.04 bits per heavy atom. The standard InChI is InChI=1S/C20H17ClN2O5/c1-26-20(25)17-6-7-27-16-5-3-13(10-18(16)28-17)22-19(24)15-9-11-8-12(21)2-4-14(11)23-15/h2-5,8-10,17,23H,6-7H2,1H3,(H,22,24). The molecular weight excluding hydrogens is 384 g/mol. The Bertz CT molecular complexity index is 1060. The number of aromatic nitrogens is 1. The summed E-state index contributed by atoms with van der Waals surface area (Å²) in [5.74, 6) is 0.0905. The highest BCUT2D eigenvalue weighted by Crippen LogP contribution is 2.34. The first-order chi connectivity index (χ1) is 13.5. The zero-order valence-electron chi connectivity index (χ0n) is 15.0. The number of carbonyl (C=O) groups excluding carboxylic acids is 2. The van der Waals surface area contributed by atoms with Crippen molar-refractivity contribution in [2.75, 3.05) is 19.0 Å². The van der Waals surface area contributed by atoms with Crippen LogP contribution in [0.4, 0.5) is 5.69 Å². The molecule has 1 amide bonds. The number of amides is 1. The highest BCUT2D eigenvalue weighted by atomic mass is 35.5. The molecule has 0 bridgehead atoms. The summed E-state index contributed by atoms with van der Waals surface area (Å²) in [5.41, 5.74) is 1.72. The van der Waals surface area contributed by atoms with Crippen LogP contribution in [0.15, 0.2) is 42.5 Å². The maximum absolute atomic E-state index is 12.6. The van der Waals surface area contributed by atoms with Gasteiger partial charge in [-0.05, 0) is 36.4 Å². The first kappa shape index (κ1) is 18.2. The van der Waals surface area contributed by atoms with Crippen molar-refractivity contribution >= 4 is 40.1 Å². The highest BCUT2D eigenvalue weighted by molar-refractivity contribution is 6.31. The minimum Gasteiger partial charge on any atom is -0.490 e. The molecule has 0 saturated heterocycles. The first-order valence-electron chi connectivity index (χ1n) is 8.64. The molecule has 144 valence electrons. The SMILES string of the molecule is COC(=O)C1CCOc2ccc(NC(=O)c3cc4cc(Cl)ccc4[nH]3)cc2O1. The maximum Gasteiger partial charge on any atom is 0.347 e. The van der Waals surface area contributed by atoms with Crippen LogP contribution in [0.1, 0.15) is 16.9 Å². The zero-order valence-corrected chi connectivity index (χ0v) is 15.7. The van der Waals surface area contributed by atoms with Gasteiger partial charge >= 0.3 is 5.97 Å². The third kappa shape index (κ3) is 3.61. The number of anilines is 1. The Labute approximate surface area is 165 Å². The fourth-order valence-corrected chi connectivity index (χ4v) is 3.19. The number of carbonyl (C=O) groups is 2. The largest absolute Gasteiger partial charge is 0.490 e. The molecule has 1 aliphatic heterocycles. The molecule has 8 heteroatoms. The molecule has 1 aliphatic rings. The molecule has 3 aromatic rings. The van der Waals surface area contributed by atoms with Gasteiger partial charge in [-0.2, -0.15) is 0 Å². The number of hydrogen-bond acceptors (Lipinski definition) is 5. The van der Waals surface area contributed by atoms with Crippen molar-refractivity contribution in [3.05, 3.63) is 53.2 Å². The monoisotopic (exact) mass is 400 g/mol. The second-order valence-corrected chi connectivity index (χ2v) is 6.73. The normalized spacial score (nSPS) is 15.7. The Balaban J connectivity index is 1.55. The van der Waals surface area contributed by atoms with Crippen molar-refractivity contribution in [3.8, 4) is 11.5 Å². The molecule has 2 N–H and O–H groups in total. The number of hydrogen-bond donors (Lipinski definition) is 2. The van der Waals surface area contributed by atoms with E-state index in [4.69, 9.17) is 25.8 Å². The summed E-state index contributed by atoms with van der Waals surface area (Å²) in [6, 6.07) is 12.1. The predicted molar refractivity (Wildman–Crippen MR) is 104 cm³/mol. The van der Waals surface area contributed by atoms with Crippen LogP contribution in [0.5, 0.6) is 11.5 Å².